The minimum Gasteiger partial charge on any atom is -0.493 e. The highest BCUT2D eigenvalue weighted by atomic mass is 127. The lowest BCUT2D eigenvalue weighted by atomic mass is 10.0. The number of rotatable bonds is 8. The van der Waals surface area contributed by atoms with Crippen LogP contribution in [0.2, 0.25) is 0 Å². The van der Waals surface area contributed by atoms with Crippen LogP contribution in [0.1, 0.15) is 31.7 Å². The van der Waals surface area contributed by atoms with E-state index in [1.54, 1.807) is 14.2 Å². The highest BCUT2D eigenvalue weighted by Crippen LogP contribution is 2.27. The number of methoxy groups -OCH3 is 2. The molecular formula is C21H37IN4O2. The summed E-state index contributed by atoms with van der Waals surface area (Å²) in [7, 11) is 7.26. The molecule has 1 N–H and O–H groups in total. The third-order valence-electron chi connectivity index (χ3n) is 5.38. The first-order valence-corrected chi connectivity index (χ1v) is 9.95. The van der Waals surface area contributed by atoms with Gasteiger partial charge < -0.3 is 19.7 Å². The molecule has 1 unspecified atom stereocenters. The molecule has 0 saturated carbocycles. The van der Waals surface area contributed by atoms with Crippen molar-refractivity contribution in [2.45, 2.75) is 38.6 Å². The monoisotopic (exact) mass is 504 g/mol. The maximum atomic E-state index is 5.39. The zero-order valence-corrected chi connectivity index (χ0v) is 20.4. The van der Waals surface area contributed by atoms with Crippen molar-refractivity contribution in [1.29, 1.82) is 0 Å². The quantitative estimate of drug-likeness (QED) is 0.335. The molecule has 0 bridgehead atoms. The molecule has 0 spiro atoms. The van der Waals surface area contributed by atoms with E-state index in [0.717, 1.165) is 43.5 Å². The third-order valence-corrected chi connectivity index (χ3v) is 5.38. The molecule has 1 saturated heterocycles. The Morgan fingerprint density at radius 2 is 2.00 bits per heavy atom. The number of aliphatic imine (C=N–C) groups is 1. The van der Waals surface area contributed by atoms with Gasteiger partial charge in [0.2, 0.25) is 0 Å². The first kappa shape index (κ1) is 24.8. The van der Waals surface area contributed by atoms with E-state index < -0.39 is 0 Å². The van der Waals surface area contributed by atoms with E-state index in [4.69, 9.17) is 9.47 Å². The lowest BCUT2D eigenvalue weighted by Gasteiger charge is -2.33. The van der Waals surface area contributed by atoms with Crippen LogP contribution in [-0.2, 0) is 6.42 Å². The number of nitrogens with zero attached hydrogens (tertiary/aromatic N) is 3. The molecular weight excluding hydrogens is 467 g/mol. The molecule has 1 atom stereocenters. The summed E-state index contributed by atoms with van der Waals surface area (Å²) >= 11 is 0. The Labute approximate surface area is 187 Å². The van der Waals surface area contributed by atoms with Crippen molar-refractivity contribution in [3.63, 3.8) is 0 Å². The summed E-state index contributed by atoms with van der Waals surface area (Å²) < 4.78 is 10.7. The number of ether oxygens (including phenoxy) is 2. The molecule has 1 heterocycles. The number of halogens is 1. The smallest absolute Gasteiger partial charge is 0.193 e. The molecule has 0 aliphatic carbocycles. The number of likely N-dealkylation sites (tertiary alicyclic amines) is 1. The lowest BCUT2D eigenvalue weighted by molar-refractivity contribution is 0.163. The Kier molecular flexibility index (Phi) is 11.6. The predicted octanol–water partition coefficient (Wildman–Crippen LogP) is 3.25. The van der Waals surface area contributed by atoms with Gasteiger partial charge in [-0.05, 0) is 50.4 Å². The molecule has 1 aliphatic heterocycles. The lowest BCUT2D eigenvalue weighted by Crippen LogP contribution is -2.46. The van der Waals surface area contributed by atoms with E-state index in [0.29, 0.717) is 6.04 Å². The normalized spacial score (nSPS) is 17.6. The van der Waals surface area contributed by atoms with Gasteiger partial charge >= 0.3 is 0 Å². The van der Waals surface area contributed by atoms with Crippen molar-refractivity contribution in [2.75, 3.05) is 54.5 Å². The molecule has 0 aromatic heterocycles. The Bertz CT molecular complexity index is 612. The minimum absolute atomic E-state index is 0. The summed E-state index contributed by atoms with van der Waals surface area (Å²) in [5.74, 6) is 2.48. The average Bonchev–Trinajstić information content (AvgIpc) is 2.70. The molecule has 2 rings (SSSR count). The number of nitrogens with one attached hydrogen (secondary N) is 1. The number of guanidine groups is 1. The summed E-state index contributed by atoms with van der Waals surface area (Å²) in [5, 5.41) is 3.50. The van der Waals surface area contributed by atoms with Crippen LogP contribution in [0.15, 0.2) is 23.2 Å². The zero-order valence-electron chi connectivity index (χ0n) is 18.0. The van der Waals surface area contributed by atoms with Gasteiger partial charge in [0, 0.05) is 39.8 Å². The van der Waals surface area contributed by atoms with E-state index >= 15 is 0 Å². The number of benzene rings is 1. The van der Waals surface area contributed by atoms with Crippen molar-refractivity contribution < 1.29 is 9.47 Å². The van der Waals surface area contributed by atoms with Crippen molar-refractivity contribution in [1.82, 2.24) is 15.1 Å². The SMILES string of the molecule is CN=C(NCCN1CCCCC1C)N(C)CCc1ccc(OC)c(OC)c1.I. The molecule has 1 aliphatic rings. The Balaban J connectivity index is 0.00000392. The Morgan fingerprint density at radius 1 is 1.25 bits per heavy atom. The topological polar surface area (TPSA) is 49.3 Å². The largest absolute Gasteiger partial charge is 0.493 e. The Morgan fingerprint density at radius 3 is 2.64 bits per heavy atom. The van der Waals surface area contributed by atoms with Crippen molar-refractivity contribution in [3.05, 3.63) is 23.8 Å². The van der Waals surface area contributed by atoms with Gasteiger partial charge in [0.05, 0.1) is 14.2 Å². The van der Waals surface area contributed by atoms with Crippen LogP contribution in [0.5, 0.6) is 11.5 Å². The molecule has 160 valence electrons. The van der Waals surface area contributed by atoms with Crippen LogP contribution in [0.4, 0.5) is 0 Å². The van der Waals surface area contributed by atoms with Crippen LogP contribution >= 0.6 is 24.0 Å². The molecule has 0 radical (unpaired) electrons. The first-order chi connectivity index (χ1) is 13.1. The summed E-state index contributed by atoms with van der Waals surface area (Å²) in [6.07, 6.45) is 4.93. The molecule has 1 fully saturated rings. The van der Waals surface area contributed by atoms with Gasteiger partial charge in [0.15, 0.2) is 17.5 Å². The van der Waals surface area contributed by atoms with Gasteiger partial charge in [-0.1, -0.05) is 12.5 Å². The van der Waals surface area contributed by atoms with Crippen molar-refractivity contribution >= 4 is 29.9 Å². The van der Waals surface area contributed by atoms with Gasteiger partial charge in [0.25, 0.3) is 0 Å². The maximum absolute atomic E-state index is 5.39. The van der Waals surface area contributed by atoms with Gasteiger partial charge in [-0.15, -0.1) is 24.0 Å². The van der Waals surface area contributed by atoms with E-state index in [-0.39, 0.29) is 24.0 Å². The van der Waals surface area contributed by atoms with Crippen molar-refractivity contribution in [3.8, 4) is 11.5 Å². The molecule has 7 heteroatoms. The van der Waals surface area contributed by atoms with Gasteiger partial charge in [0.1, 0.15) is 0 Å². The van der Waals surface area contributed by atoms with E-state index in [9.17, 15) is 0 Å². The number of likely N-dealkylation sites (N-methyl/N-ethyl adjacent to an activating group) is 1. The fraction of sp³-hybridized carbons (Fsp3) is 0.667. The highest BCUT2D eigenvalue weighted by molar-refractivity contribution is 14.0. The molecule has 0 amide bonds. The summed E-state index contributed by atoms with van der Waals surface area (Å²) in [6, 6.07) is 6.79. The van der Waals surface area contributed by atoms with E-state index in [2.05, 4.69) is 40.1 Å². The van der Waals surface area contributed by atoms with Crippen LogP contribution in [0, 0.1) is 0 Å². The second-order valence-corrected chi connectivity index (χ2v) is 7.22. The summed E-state index contributed by atoms with van der Waals surface area (Å²) in [6.45, 7) is 6.44. The Hall–Kier alpha value is -1.22. The van der Waals surface area contributed by atoms with Crippen molar-refractivity contribution in [2.24, 2.45) is 4.99 Å². The van der Waals surface area contributed by atoms with Gasteiger partial charge in [-0.3, -0.25) is 9.89 Å². The maximum Gasteiger partial charge on any atom is 0.193 e. The highest BCUT2D eigenvalue weighted by Gasteiger charge is 2.17. The fourth-order valence-corrected chi connectivity index (χ4v) is 3.62. The van der Waals surface area contributed by atoms with E-state index in [1.807, 2.05) is 19.2 Å². The number of hydrogen-bond donors (Lipinski definition) is 1. The number of hydrogen-bond acceptors (Lipinski definition) is 4. The zero-order chi connectivity index (χ0) is 19.6. The van der Waals surface area contributed by atoms with Crippen LogP contribution < -0.4 is 14.8 Å². The minimum atomic E-state index is 0. The molecule has 1 aromatic carbocycles. The molecule has 28 heavy (non-hydrogen) atoms. The predicted molar refractivity (Wildman–Crippen MR) is 128 cm³/mol. The van der Waals surface area contributed by atoms with Crippen LogP contribution in [-0.4, -0.2) is 76.3 Å². The molecule has 1 aromatic rings. The molecule has 6 nitrogen and oxygen atoms in total. The number of piperidine rings is 1. The second-order valence-electron chi connectivity index (χ2n) is 7.22. The third kappa shape index (κ3) is 7.31. The average molecular weight is 504 g/mol. The van der Waals surface area contributed by atoms with Crippen LogP contribution in [0.3, 0.4) is 0 Å². The van der Waals surface area contributed by atoms with Crippen LogP contribution in [0.25, 0.3) is 0 Å². The second kappa shape index (κ2) is 13.1. The van der Waals surface area contributed by atoms with E-state index in [1.165, 1.54) is 31.4 Å². The first-order valence-electron chi connectivity index (χ1n) is 9.95. The fourth-order valence-electron chi connectivity index (χ4n) is 3.62. The summed E-state index contributed by atoms with van der Waals surface area (Å²) in [4.78, 5) is 9.19. The summed E-state index contributed by atoms with van der Waals surface area (Å²) in [5.41, 5.74) is 1.22. The standard InChI is InChI=1S/C21H36N4O2.HI/c1-17-8-6-7-13-25(17)15-12-23-21(22-2)24(3)14-11-18-9-10-19(26-4)20(16-18)27-5;/h9-10,16-17H,6-8,11-15H2,1-5H3,(H,22,23);1H. The van der Waals surface area contributed by atoms with Gasteiger partial charge in [-0.2, -0.15) is 0 Å². The van der Waals surface area contributed by atoms with Gasteiger partial charge in [-0.25, -0.2) is 0 Å².